The molecule has 1 aromatic heterocycles. The second kappa shape index (κ2) is 5.89. The summed E-state index contributed by atoms with van der Waals surface area (Å²) in [4.78, 5) is 6.51. The first-order valence-corrected chi connectivity index (χ1v) is 6.80. The van der Waals surface area contributed by atoms with Crippen LogP contribution in [0, 0.1) is 0 Å². The molecule has 0 amide bonds. The van der Waals surface area contributed by atoms with Crippen molar-refractivity contribution in [1.29, 1.82) is 0 Å². The van der Waals surface area contributed by atoms with Gasteiger partial charge in [0, 0.05) is 30.5 Å². The van der Waals surface area contributed by atoms with Gasteiger partial charge in [-0.25, -0.2) is 4.98 Å². The van der Waals surface area contributed by atoms with E-state index in [4.69, 9.17) is 5.73 Å². The van der Waals surface area contributed by atoms with Crippen molar-refractivity contribution in [3.63, 3.8) is 0 Å². The summed E-state index contributed by atoms with van der Waals surface area (Å²) in [7, 11) is 0. The van der Waals surface area contributed by atoms with Crippen LogP contribution >= 0.6 is 0 Å². The normalized spacial score (nSPS) is 12.4. The van der Waals surface area contributed by atoms with Gasteiger partial charge in [-0.1, -0.05) is 0 Å². The number of rotatable bonds is 5. The van der Waals surface area contributed by atoms with E-state index in [1.165, 1.54) is 5.69 Å². The summed E-state index contributed by atoms with van der Waals surface area (Å²) >= 11 is 0. The van der Waals surface area contributed by atoms with Gasteiger partial charge in [0.15, 0.2) is 0 Å². The average Bonchev–Trinajstić information content (AvgIpc) is 2.90. The van der Waals surface area contributed by atoms with Gasteiger partial charge in [0.2, 0.25) is 0 Å². The molecule has 102 valence electrons. The Labute approximate surface area is 114 Å². The zero-order valence-corrected chi connectivity index (χ0v) is 11.9. The number of imidazole rings is 1. The van der Waals surface area contributed by atoms with Gasteiger partial charge in [0.1, 0.15) is 0 Å². The van der Waals surface area contributed by atoms with Crippen LogP contribution in [0.1, 0.15) is 32.5 Å². The highest BCUT2D eigenvalue weighted by Crippen LogP contribution is 2.20. The quantitative estimate of drug-likeness (QED) is 0.897. The van der Waals surface area contributed by atoms with Gasteiger partial charge in [-0.05, 0) is 45.0 Å². The summed E-state index contributed by atoms with van der Waals surface area (Å²) < 4.78 is 2.04. The molecule has 0 aliphatic heterocycles. The van der Waals surface area contributed by atoms with Crippen molar-refractivity contribution >= 4 is 5.69 Å². The summed E-state index contributed by atoms with van der Waals surface area (Å²) in [6, 6.07) is 8.49. The molecule has 1 unspecified atom stereocenters. The summed E-state index contributed by atoms with van der Waals surface area (Å²) in [5.41, 5.74) is 9.32. The van der Waals surface area contributed by atoms with Crippen molar-refractivity contribution in [2.24, 2.45) is 5.73 Å². The number of aromatic nitrogens is 2. The van der Waals surface area contributed by atoms with Crippen molar-refractivity contribution in [3.8, 4) is 5.69 Å². The van der Waals surface area contributed by atoms with Crippen LogP contribution in [0.2, 0.25) is 0 Å². The van der Waals surface area contributed by atoms with Gasteiger partial charge in [0.05, 0.1) is 18.2 Å². The van der Waals surface area contributed by atoms with E-state index in [1.807, 2.05) is 24.0 Å². The van der Waals surface area contributed by atoms with Crippen LogP contribution < -0.4 is 10.6 Å². The zero-order valence-electron chi connectivity index (χ0n) is 11.9. The fourth-order valence-electron chi connectivity index (χ4n) is 2.27. The molecule has 1 heterocycles. The monoisotopic (exact) mass is 258 g/mol. The minimum absolute atomic E-state index is 0.0232. The summed E-state index contributed by atoms with van der Waals surface area (Å²) in [5.74, 6) is 0. The second-order valence-corrected chi connectivity index (χ2v) is 4.67. The van der Waals surface area contributed by atoms with Crippen LogP contribution in [0.4, 0.5) is 5.69 Å². The lowest BCUT2D eigenvalue weighted by Crippen LogP contribution is -2.21. The maximum atomic E-state index is 5.95. The largest absolute Gasteiger partial charge is 0.372 e. The number of nitrogens with two attached hydrogens (primary N) is 1. The predicted octanol–water partition coefficient (Wildman–Crippen LogP) is 2.74. The first-order valence-electron chi connectivity index (χ1n) is 6.80. The predicted molar refractivity (Wildman–Crippen MR) is 79.7 cm³/mol. The minimum atomic E-state index is -0.0232. The van der Waals surface area contributed by atoms with E-state index in [0.29, 0.717) is 0 Å². The van der Waals surface area contributed by atoms with Gasteiger partial charge < -0.3 is 15.2 Å². The summed E-state index contributed by atoms with van der Waals surface area (Å²) in [6.07, 6.45) is 3.63. The van der Waals surface area contributed by atoms with Gasteiger partial charge in [-0.3, -0.25) is 0 Å². The van der Waals surface area contributed by atoms with E-state index < -0.39 is 0 Å². The van der Waals surface area contributed by atoms with Gasteiger partial charge >= 0.3 is 0 Å². The molecule has 2 rings (SSSR count). The summed E-state index contributed by atoms with van der Waals surface area (Å²) in [5, 5.41) is 0. The van der Waals surface area contributed by atoms with Crippen molar-refractivity contribution in [2.45, 2.75) is 26.8 Å². The Hall–Kier alpha value is -1.81. The Morgan fingerprint density at radius 1 is 1.21 bits per heavy atom. The highest BCUT2D eigenvalue weighted by Gasteiger charge is 2.08. The number of anilines is 1. The van der Waals surface area contributed by atoms with Crippen LogP contribution in [0.25, 0.3) is 5.69 Å². The molecule has 0 aliphatic rings. The highest BCUT2D eigenvalue weighted by molar-refractivity contribution is 5.51. The molecule has 2 aromatic rings. The fraction of sp³-hybridized carbons (Fsp3) is 0.400. The summed E-state index contributed by atoms with van der Waals surface area (Å²) in [6.45, 7) is 8.35. The van der Waals surface area contributed by atoms with E-state index in [1.54, 1.807) is 0 Å². The van der Waals surface area contributed by atoms with Crippen molar-refractivity contribution < 1.29 is 0 Å². The third-order valence-electron chi connectivity index (χ3n) is 3.39. The molecule has 1 atom stereocenters. The van der Waals surface area contributed by atoms with Crippen LogP contribution in [-0.4, -0.2) is 22.6 Å². The van der Waals surface area contributed by atoms with Crippen molar-refractivity contribution in [3.05, 3.63) is 42.5 Å². The standard InChI is InChI=1S/C15H22N4/c1-4-18(5-2)13-6-8-14(9-7-13)19-11-17-10-15(19)12(3)16/h6-12H,4-5,16H2,1-3H3. The van der Waals surface area contributed by atoms with Gasteiger partial charge in [0.25, 0.3) is 0 Å². The second-order valence-electron chi connectivity index (χ2n) is 4.67. The Kier molecular flexibility index (Phi) is 4.22. The first-order chi connectivity index (χ1) is 9.17. The molecule has 4 heteroatoms. The minimum Gasteiger partial charge on any atom is -0.372 e. The molecule has 0 saturated heterocycles. The van der Waals surface area contributed by atoms with Crippen LogP contribution in [-0.2, 0) is 0 Å². The van der Waals surface area contributed by atoms with E-state index >= 15 is 0 Å². The van der Waals surface area contributed by atoms with Crippen molar-refractivity contribution in [2.75, 3.05) is 18.0 Å². The SMILES string of the molecule is CCN(CC)c1ccc(-n2cncc2C(C)N)cc1. The Balaban J connectivity index is 2.30. The first kappa shape index (κ1) is 13.6. The molecule has 0 bridgehead atoms. The Bertz CT molecular complexity index is 509. The van der Waals surface area contributed by atoms with Crippen molar-refractivity contribution in [1.82, 2.24) is 9.55 Å². The lowest BCUT2D eigenvalue weighted by molar-refractivity contribution is 0.752. The zero-order chi connectivity index (χ0) is 13.8. The molecule has 0 radical (unpaired) electrons. The van der Waals surface area contributed by atoms with Gasteiger partial charge in [-0.15, -0.1) is 0 Å². The highest BCUT2D eigenvalue weighted by atomic mass is 15.1. The molecule has 0 saturated carbocycles. The van der Waals surface area contributed by atoms with E-state index in [9.17, 15) is 0 Å². The Morgan fingerprint density at radius 3 is 2.37 bits per heavy atom. The molecule has 19 heavy (non-hydrogen) atoms. The Morgan fingerprint density at radius 2 is 1.84 bits per heavy atom. The molecular formula is C15H22N4. The van der Waals surface area contributed by atoms with E-state index in [2.05, 4.69) is 48.0 Å². The molecule has 2 N–H and O–H groups in total. The third-order valence-corrected chi connectivity index (χ3v) is 3.39. The molecular weight excluding hydrogens is 236 g/mol. The van der Waals surface area contributed by atoms with Gasteiger partial charge in [-0.2, -0.15) is 0 Å². The molecule has 4 nitrogen and oxygen atoms in total. The maximum absolute atomic E-state index is 5.95. The van der Waals surface area contributed by atoms with Crippen LogP contribution in [0.15, 0.2) is 36.8 Å². The molecule has 0 fully saturated rings. The van der Waals surface area contributed by atoms with Crippen LogP contribution in [0.5, 0.6) is 0 Å². The van der Waals surface area contributed by atoms with E-state index in [-0.39, 0.29) is 6.04 Å². The molecule has 0 aliphatic carbocycles. The van der Waals surface area contributed by atoms with E-state index in [0.717, 1.165) is 24.5 Å². The smallest absolute Gasteiger partial charge is 0.0994 e. The maximum Gasteiger partial charge on any atom is 0.0994 e. The molecule has 0 spiro atoms. The number of hydrogen-bond donors (Lipinski definition) is 1. The average molecular weight is 258 g/mol. The third kappa shape index (κ3) is 2.79. The molecule has 1 aromatic carbocycles. The number of benzene rings is 1. The lowest BCUT2D eigenvalue weighted by atomic mass is 10.2. The lowest BCUT2D eigenvalue weighted by Gasteiger charge is -2.21. The topological polar surface area (TPSA) is 47.1 Å². The number of hydrogen-bond acceptors (Lipinski definition) is 3. The fourth-order valence-corrected chi connectivity index (χ4v) is 2.27. The number of nitrogens with zero attached hydrogens (tertiary/aromatic N) is 3. The van der Waals surface area contributed by atoms with Crippen LogP contribution in [0.3, 0.4) is 0 Å².